The lowest BCUT2D eigenvalue weighted by Gasteiger charge is -2.34. The summed E-state index contributed by atoms with van der Waals surface area (Å²) < 4.78 is 11.6. The minimum absolute atomic E-state index is 0.0679. The first-order valence-corrected chi connectivity index (χ1v) is 8.94. The molecule has 1 fully saturated rings. The zero-order valence-electron chi connectivity index (χ0n) is 14.3. The van der Waals surface area contributed by atoms with E-state index in [9.17, 15) is 4.79 Å². The largest absolute Gasteiger partial charge is 0.491 e. The summed E-state index contributed by atoms with van der Waals surface area (Å²) in [6.45, 7) is 2.33. The first-order valence-electron chi connectivity index (χ1n) is 8.94. The summed E-state index contributed by atoms with van der Waals surface area (Å²) in [7, 11) is 0. The molecule has 1 aliphatic carbocycles. The molecule has 1 atom stereocenters. The lowest BCUT2D eigenvalue weighted by Crippen LogP contribution is -2.49. The maximum Gasteiger partial charge on any atom is 0.226 e. The summed E-state index contributed by atoms with van der Waals surface area (Å²) >= 11 is 0. The van der Waals surface area contributed by atoms with Crippen LogP contribution in [0, 0.1) is 5.92 Å². The van der Waals surface area contributed by atoms with Gasteiger partial charge in [0.2, 0.25) is 5.91 Å². The topological polar surface area (TPSA) is 38.8 Å². The van der Waals surface area contributed by atoms with Crippen LogP contribution < -0.4 is 4.74 Å². The Hall–Kier alpha value is -2.33. The minimum atomic E-state index is -0.0679. The van der Waals surface area contributed by atoms with E-state index in [0.717, 1.165) is 18.6 Å². The summed E-state index contributed by atoms with van der Waals surface area (Å²) in [5.41, 5.74) is 2.64. The molecule has 130 valence electrons. The van der Waals surface area contributed by atoms with E-state index in [2.05, 4.69) is 24.3 Å². The highest BCUT2D eigenvalue weighted by Crippen LogP contribution is 2.28. The summed E-state index contributed by atoms with van der Waals surface area (Å²) in [6, 6.07) is 18.1. The maximum absolute atomic E-state index is 12.9. The van der Waals surface area contributed by atoms with Crippen LogP contribution in [0.4, 0.5) is 0 Å². The van der Waals surface area contributed by atoms with Gasteiger partial charge < -0.3 is 14.4 Å². The second-order valence-corrected chi connectivity index (χ2v) is 6.77. The van der Waals surface area contributed by atoms with E-state index < -0.39 is 0 Å². The number of ether oxygens (including phenoxy) is 2. The summed E-state index contributed by atoms with van der Waals surface area (Å²) in [5.74, 6) is 1.16. The van der Waals surface area contributed by atoms with E-state index in [-0.39, 0.29) is 17.9 Å². The van der Waals surface area contributed by atoms with E-state index in [1.165, 1.54) is 11.1 Å². The fourth-order valence-corrected chi connectivity index (χ4v) is 3.72. The van der Waals surface area contributed by atoms with Crippen LogP contribution >= 0.6 is 0 Å². The Bertz CT molecular complexity index is 706. The Labute approximate surface area is 148 Å². The van der Waals surface area contributed by atoms with Crippen molar-refractivity contribution in [2.24, 2.45) is 5.92 Å². The van der Waals surface area contributed by atoms with Gasteiger partial charge in [0.1, 0.15) is 18.5 Å². The van der Waals surface area contributed by atoms with E-state index in [1.807, 2.05) is 35.2 Å². The van der Waals surface area contributed by atoms with Gasteiger partial charge in [-0.1, -0.05) is 42.5 Å². The second kappa shape index (κ2) is 7.28. The van der Waals surface area contributed by atoms with Crippen molar-refractivity contribution in [3.05, 3.63) is 65.7 Å². The molecule has 4 nitrogen and oxygen atoms in total. The Kier molecular flexibility index (Phi) is 4.70. The lowest BCUT2D eigenvalue weighted by atomic mass is 10.0. The van der Waals surface area contributed by atoms with Crippen LogP contribution in [0.5, 0.6) is 5.75 Å². The van der Waals surface area contributed by atoms with Gasteiger partial charge in [0, 0.05) is 12.5 Å². The number of hydrogen-bond donors (Lipinski definition) is 0. The first kappa shape index (κ1) is 16.2. The first-order chi connectivity index (χ1) is 12.3. The molecule has 2 aromatic carbocycles. The number of amides is 1. The van der Waals surface area contributed by atoms with Gasteiger partial charge in [-0.3, -0.25) is 4.79 Å². The van der Waals surface area contributed by atoms with Crippen molar-refractivity contribution in [2.45, 2.75) is 18.9 Å². The van der Waals surface area contributed by atoms with Crippen LogP contribution in [0.3, 0.4) is 0 Å². The van der Waals surface area contributed by atoms with E-state index in [0.29, 0.717) is 26.3 Å². The molecule has 0 bridgehead atoms. The number of carbonyl (C=O) groups excluding carboxylic acids is 1. The zero-order valence-corrected chi connectivity index (χ0v) is 14.3. The molecular weight excluding hydrogens is 314 g/mol. The van der Waals surface area contributed by atoms with Gasteiger partial charge in [-0.2, -0.15) is 0 Å². The molecule has 1 unspecified atom stereocenters. The van der Waals surface area contributed by atoms with E-state index in [1.54, 1.807) is 0 Å². The number of nitrogens with zero attached hydrogens (tertiary/aromatic N) is 1. The monoisotopic (exact) mass is 337 g/mol. The fraction of sp³-hybridized carbons (Fsp3) is 0.381. The van der Waals surface area contributed by atoms with Gasteiger partial charge in [-0.15, -0.1) is 0 Å². The van der Waals surface area contributed by atoms with Crippen LogP contribution in [0.25, 0.3) is 0 Å². The van der Waals surface area contributed by atoms with Crippen LogP contribution in [0.2, 0.25) is 0 Å². The Morgan fingerprint density at radius 1 is 1.04 bits per heavy atom. The molecule has 1 aliphatic heterocycles. The third kappa shape index (κ3) is 3.69. The predicted molar refractivity (Wildman–Crippen MR) is 95.6 cm³/mol. The smallest absolute Gasteiger partial charge is 0.226 e. The highest BCUT2D eigenvalue weighted by Gasteiger charge is 2.33. The van der Waals surface area contributed by atoms with Crippen LogP contribution in [-0.4, -0.2) is 43.2 Å². The number of rotatable bonds is 4. The minimum Gasteiger partial charge on any atom is -0.491 e. The zero-order chi connectivity index (χ0) is 17.1. The Morgan fingerprint density at radius 3 is 2.44 bits per heavy atom. The van der Waals surface area contributed by atoms with E-state index >= 15 is 0 Å². The van der Waals surface area contributed by atoms with Gasteiger partial charge in [0.05, 0.1) is 13.2 Å². The Balaban J connectivity index is 1.33. The van der Waals surface area contributed by atoms with Crippen molar-refractivity contribution in [3.8, 4) is 5.75 Å². The number of hydrogen-bond acceptors (Lipinski definition) is 3. The lowest BCUT2D eigenvalue weighted by molar-refractivity contribution is -0.143. The molecule has 0 aromatic heterocycles. The average molecular weight is 337 g/mol. The Morgan fingerprint density at radius 2 is 1.72 bits per heavy atom. The summed E-state index contributed by atoms with van der Waals surface area (Å²) in [4.78, 5) is 14.9. The molecule has 25 heavy (non-hydrogen) atoms. The molecule has 2 aromatic rings. The van der Waals surface area contributed by atoms with Crippen LogP contribution in [0.1, 0.15) is 11.1 Å². The van der Waals surface area contributed by atoms with Crippen molar-refractivity contribution >= 4 is 5.91 Å². The number of para-hydroxylation sites is 1. The molecule has 1 heterocycles. The molecule has 0 saturated carbocycles. The third-order valence-electron chi connectivity index (χ3n) is 5.03. The van der Waals surface area contributed by atoms with Crippen LogP contribution in [0.15, 0.2) is 54.6 Å². The SMILES string of the molecule is O=C(C1Cc2ccccc2C1)N1CCOC(COc2ccccc2)C1. The maximum atomic E-state index is 12.9. The van der Waals surface area contributed by atoms with Gasteiger partial charge >= 0.3 is 0 Å². The summed E-state index contributed by atoms with van der Waals surface area (Å²) in [5, 5.41) is 0. The van der Waals surface area contributed by atoms with Gasteiger partial charge in [0.25, 0.3) is 0 Å². The molecule has 1 amide bonds. The highest BCUT2D eigenvalue weighted by atomic mass is 16.5. The molecule has 0 N–H and O–H groups in total. The molecule has 0 spiro atoms. The van der Waals surface area contributed by atoms with E-state index in [4.69, 9.17) is 9.47 Å². The van der Waals surface area contributed by atoms with Crippen molar-refractivity contribution in [1.82, 2.24) is 4.90 Å². The van der Waals surface area contributed by atoms with Gasteiger partial charge in [-0.25, -0.2) is 0 Å². The molecular formula is C21H23NO3. The number of carbonyl (C=O) groups is 1. The molecule has 1 saturated heterocycles. The van der Waals surface area contributed by atoms with Crippen molar-refractivity contribution in [3.63, 3.8) is 0 Å². The molecule has 4 heteroatoms. The van der Waals surface area contributed by atoms with Crippen LogP contribution in [-0.2, 0) is 22.4 Å². The quantitative estimate of drug-likeness (QED) is 0.861. The highest BCUT2D eigenvalue weighted by molar-refractivity contribution is 5.80. The van der Waals surface area contributed by atoms with Gasteiger partial charge in [-0.05, 0) is 36.1 Å². The second-order valence-electron chi connectivity index (χ2n) is 6.77. The third-order valence-corrected chi connectivity index (χ3v) is 5.03. The number of benzene rings is 2. The standard InChI is InChI=1S/C21H23NO3/c23-21(18-12-16-6-4-5-7-17(16)13-18)22-10-11-24-20(14-22)15-25-19-8-2-1-3-9-19/h1-9,18,20H,10-15H2. The average Bonchev–Trinajstić information content (AvgIpc) is 3.11. The molecule has 0 radical (unpaired) electrons. The van der Waals surface area contributed by atoms with Crippen molar-refractivity contribution in [2.75, 3.05) is 26.3 Å². The molecule has 4 rings (SSSR count). The van der Waals surface area contributed by atoms with Gasteiger partial charge in [0.15, 0.2) is 0 Å². The summed E-state index contributed by atoms with van der Waals surface area (Å²) in [6.07, 6.45) is 1.65. The van der Waals surface area contributed by atoms with Crippen molar-refractivity contribution in [1.29, 1.82) is 0 Å². The predicted octanol–water partition coefficient (Wildman–Crippen LogP) is 2.71. The number of morpholine rings is 1. The normalized spacial score (nSPS) is 20.3. The van der Waals surface area contributed by atoms with Crippen molar-refractivity contribution < 1.29 is 14.3 Å². The fourth-order valence-electron chi connectivity index (χ4n) is 3.72. The number of fused-ring (bicyclic) bond motifs is 1. The molecule has 2 aliphatic rings.